The van der Waals surface area contributed by atoms with E-state index in [0.717, 1.165) is 22.9 Å². The minimum Gasteiger partial charge on any atom is -0.477 e. The molecule has 0 radical (unpaired) electrons. The first-order valence-electron chi connectivity index (χ1n) is 8.60. The summed E-state index contributed by atoms with van der Waals surface area (Å²) in [6.07, 6.45) is -3.12. The summed E-state index contributed by atoms with van der Waals surface area (Å²) in [7, 11) is 0. The van der Waals surface area contributed by atoms with Gasteiger partial charge in [0.15, 0.2) is 5.44 Å². The molecule has 0 aliphatic carbocycles. The highest BCUT2D eigenvalue weighted by molar-refractivity contribution is 8.00. The Labute approximate surface area is 157 Å². The summed E-state index contributed by atoms with van der Waals surface area (Å²) in [5.41, 5.74) is 2.53. The molecule has 0 bridgehead atoms. The molecule has 140 valence electrons. The van der Waals surface area contributed by atoms with Crippen molar-refractivity contribution in [1.29, 1.82) is 0 Å². The lowest BCUT2D eigenvalue weighted by atomic mass is 10.0. The Kier molecular flexibility index (Phi) is 6.21. The third kappa shape index (κ3) is 4.22. The van der Waals surface area contributed by atoms with Gasteiger partial charge < -0.3 is 25.2 Å². The Balaban J connectivity index is 1.78. The van der Waals surface area contributed by atoms with Crippen molar-refractivity contribution in [3.63, 3.8) is 0 Å². The highest BCUT2D eigenvalue weighted by Gasteiger charge is 2.44. The molecule has 0 spiro atoms. The van der Waals surface area contributed by atoms with Crippen LogP contribution < -0.4 is 4.74 Å². The summed E-state index contributed by atoms with van der Waals surface area (Å²) in [5.74, 6) is 0.616. The molecule has 5 nitrogen and oxygen atoms in total. The monoisotopic (exact) mass is 376 g/mol. The number of thioether (sulfide) groups is 1. The van der Waals surface area contributed by atoms with Crippen molar-refractivity contribution in [2.75, 3.05) is 6.61 Å². The fraction of sp³-hybridized carbons (Fsp3) is 0.400. The highest BCUT2D eigenvalue weighted by atomic mass is 32.2. The lowest BCUT2D eigenvalue weighted by Crippen LogP contribution is -2.55. The van der Waals surface area contributed by atoms with Gasteiger partial charge in [0, 0.05) is 6.42 Å². The molecular weight excluding hydrogens is 352 g/mol. The summed E-state index contributed by atoms with van der Waals surface area (Å²) in [4.78, 5) is 0. The maximum Gasteiger partial charge on any atom is 0.173 e. The quantitative estimate of drug-likeness (QED) is 0.632. The first-order chi connectivity index (χ1) is 12.5. The smallest absolute Gasteiger partial charge is 0.173 e. The van der Waals surface area contributed by atoms with Gasteiger partial charge in [-0.25, -0.2) is 0 Å². The lowest BCUT2D eigenvalue weighted by Gasteiger charge is -2.39. The SMILES string of the molecule is Cc1ccc(Cc2ccccc2O[C@@H]2S[C@H](CO)[C@@H](O)[C@H](O)[C@H]2O)cc1. The third-order valence-corrected chi connectivity index (χ3v) is 6.00. The highest BCUT2D eigenvalue weighted by Crippen LogP contribution is 2.35. The van der Waals surface area contributed by atoms with Gasteiger partial charge in [0.05, 0.1) is 18.0 Å². The van der Waals surface area contributed by atoms with Crippen molar-refractivity contribution < 1.29 is 25.2 Å². The fourth-order valence-electron chi connectivity index (χ4n) is 2.98. The molecule has 0 saturated carbocycles. The largest absolute Gasteiger partial charge is 0.477 e. The van der Waals surface area contributed by atoms with E-state index in [1.165, 1.54) is 5.56 Å². The Morgan fingerprint density at radius 1 is 0.923 bits per heavy atom. The van der Waals surface area contributed by atoms with Crippen LogP contribution in [0, 0.1) is 6.92 Å². The van der Waals surface area contributed by atoms with E-state index in [0.29, 0.717) is 12.2 Å². The van der Waals surface area contributed by atoms with Crippen LogP contribution in [0.2, 0.25) is 0 Å². The van der Waals surface area contributed by atoms with E-state index >= 15 is 0 Å². The van der Waals surface area contributed by atoms with Crippen molar-refractivity contribution in [1.82, 2.24) is 0 Å². The molecule has 1 aliphatic heterocycles. The van der Waals surface area contributed by atoms with Gasteiger partial charge in [0.25, 0.3) is 0 Å². The zero-order valence-electron chi connectivity index (χ0n) is 14.5. The molecule has 4 N–H and O–H groups in total. The molecule has 5 atom stereocenters. The zero-order valence-corrected chi connectivity index (χ0v) is 15.3. The molecule has 1 saturated heterocycles. The van der Waals surface area contributed by atoms with Crippen molar-refractivity contribution in [2.45, 2.75) is 42.3 Å². The molecule has 6 heteroatoms. The van der Waals surface area contributed by atoms with Gasteiger partial charge in [0.1, 0.15) is 18.0 Å². The molecule has 1 aliphatic rings. The Hall–Kier alpha value is -1.57. The van der Waals surface area contributed by atoms with E-state index in [2.05, 4.69) is 24.3 Å². The number of aliphatic hydroxyl groups excluding tert-OH is 4. The first-order valence-corrected chi connectivity index (χ1v) is 9.54. The normalized spacial score (nSPS) is 28.7. The number of aliphatic hydroxyl groups is 4. The Bertz CT molecular complexity index is 718. The number of para-hydroxylation sites is 1. The summed E-state index contributed by atoms with van der Waals surface area (Å²) in [6.45, 7) is 1.74. The van der Waals surface area contributed by atoms with Gasteiger partial charge in [0.2, 0.25) is 0 Å². The van der Waals surface area contributed by atoms with Crippen LogP contribution in [-0.4, -0.2) is 56.0 Å². The van der Waals surface area contributed by atoms with Crippen LogP contribution in [0.15, 0.2) is 48.5 Å². The van der Waals surface area contributed by atoms with Crippen LogP contribution in [0.4, 0.5) is 0 Å². The van der Waals surface area contributed by atoms with E-state index in [1.54, 1.807) is 0 Å². The van der Waals surface area contributed by atoms with Gasteiger partial charge >= 0.3 is 0 Å². The van der Waals surface area contributed by atoms with E-state index in [4.69, 9.17) is 4.74 Å². The standard InChI is InChI=1S/C20H24O5S/c1-12-6-8-13(9-7-12)10-14-4-2-3-5-15(14)25-20-19(24)18(23)17(22)16(11-21)26-20/h2-9,16-24H,10-11H2,1H3/t16-,17-,18+,19-,20-/m1/s1. The van der Waals surface area contributed by atoms with Gasteiger partial charge in [-0.1, -0.05) is 48.0 Å². The van der Waals surface area contributed by atoms with E-state index in [-0.39, 0.29) is 6.61 Å². The second-order valence-electron chi connectivity index (χ2n) is 6.59. The summed E-state index contributed by atoms with van der Waals surface area (Å²) >= 11 is 1.13. The Morgan fingerprint density at radius 2 is 1.62 bits per heavy atom. The molecule has 0 aromatic heterocycles. The van der Waals surface area contributed by atoms with Crippen molar-refractivity contribution in [3.8, 4) is 5.75 Å². The van der Waals surface area contributed by atoms with Gasteiger partial charge in [-0.15, -0.1) is 11.8 Å². The predicted molar refractivity (Wildman–Crippen MR) is 101 cm³/mol. The van der Waals surface area contributed by atoms with Crippen molar-refractivity contribution in [3.05, 3.63) is 65.2 Å². The average molecular weight is 376 g/mol. The third-order valence-electron chi connectivity index (χ3n) is 4.58. The van der Waals surface area contributed by atoms with Crippen LogP contribution in [0.1, 0.15) is 16.7 Å². The number of aryl methyl sites for hydroxylation is 1. The van der Waals surface area contributed by atoms with Crippen LogP contribution in [-0.2, 0) is 6.42 Å². The molecular formula is C20H24O5S. The van der Waals surface area contributed by atoms with Gasteiger partial charge in [-0.3, -0.25) is 0 Å². The summed E-state index contributed by atoms with van der Waals surface area (Å²) < 4.78 is 5.98. The van der Waals surface area contributed by atoms with Crippen LogP contribution in [0.25, 0.3) is 0 Å². The number of ether oxygens (including phenoxy) is 1. The van der Waals surface area contributed by atoms with E-state index < -0.39 is 29.0 Å². The van der Waals surface area contributed by atoms with E-state index in [1.807, 2.05) is 31.2 Å². The maximum atomic E-state index is 10.3. The molecule has 2 aromatic rings. The van der Waals surface area contributed by atoms with Crippen molar-refractivity contribution in [2.24, 2.45) is 0 Å². The van der Waals surface area contributed by atoms with Crippen LogP contribution in [0.5, 0.6) is 5.75 Å². The number of hydrogen-bond donors (Lipinski definition) is 4. The lowest BCUT2D eigenvalue weighted by molar-refractivity contribution is -0.0910. The molecule has 0 unspecified atom stereocenters. The second kappa shape index (κ2) is 8.41. The van der Waals surface area contributed by atoms with Crippen LogP contribution in [0.3, 0.4) is 0 Å². The molecule has 26 heavy (non-hydrogen) atoms. The zero-order chi connectivity index (χ0) is 18.7. The molecule has 1 fully saturated rings. The molecule has 0 amide bonds. The topological polar surface area (TPSA) is 90.2 Å². The summed E-state index contributed by atoms with van der Waals surface area (Å²) in [6, 6.07) is 15.8. The fourth-order valence-corrected chi connectivity index (χ4v) is 4.21. The van der Waals surface area contributed by atoms with Crippen molar-refractivity contribution >= 4 is 11.8 Å². The number of hydrogen-bond acceptors (Lipinski definition) is 6. The minimum absolute atomic E-state index is 0.305. The Morgan fingerprint density at radius 3 is 2.31 bits per heavy atom. The maximum absolute atomic E-state index is 10.3. The number of rotatable bonds is 5. The average Bonchev–Trinajstić information content (AvgIpc) is 2.65. The number of benzene rings is 2. The predicted octanol–water partition coefficient (Wildman–Crippen LogP) is 1.48. The van der Waals surface area contributed by atoms with Crippen LogP contribution >= 0.6 is 11.8 Å². The van der Waals surface area contributed by atoms with E-state index in [9.17, 15) is 20.4 Å². The van der Waals surface area contributed by atoms with Gasteiger partial charge in [-0.05, 0) is 24.1 Å². The second-order valence-corrected chi connectivity index (χ2v) is 7.93. The molecule has 1 heterocycles. The van der Waals surface area contributed by atoms with Gasteiger partial charge in [-0.2, -0.15) is 0 Å². The summed E-state index contributed by atoms with van der Waals surface area (Å²) in [5, 5.41) is 39.0. The molecule has 3 rings (SSSR count). The first kappa shape index (κ1) is 19.2. The minimum atomic E-state index is -1.36. The molecule has 2 aromatic carbocycles.